The Hall–Kier alpha value is -2.15. The molecule has 0 aromatic heterocycles. The van der Waals surface area contributed by atoms with Gasteiger partial charge in [0.05, 0.1) is 13.2 Å². The highest BCUT2D eigenvalue weighted by Crippen LogP contribution is 2.20. The minimum atomic E-state index is -0.723. The van der Waals surface area contributed by atoms with Crippen molar-refractivity contribution in [3.05, 3.63) is 60.4 Å². The number of aliphatic hydroxyl groups is 1. The molecule has 0 radical (unpaired) electrons. The fourth-order valence-corrected chi connectivity index (χ4v) is 2.86. The molecule has 1 rings (SSSR count). The molecule has 0 amide bonds. The van der Waals surface area contributed by atoms with Gasteiger partial charge < -0.3 is 24.1 Å². The van der Waals surface area contributed by atoms with Crippen LogP contribution < -0.4 is 0 Å². The maximum Gasteiger partial charge on any atom is 0.331 e. The van der Waals surface area contributed by atoms with Crippen molar-refractivity contribution in [2.24, 2.45) is 5.92 Å². The van der Waals surface area contributed by atoms with Crippen LogP contribution in [0.4, 0.5) is 0 Å². The van der Waals surface area contributed by atoms with Crippen molar-refractivity contribution in [3.63, 3.8) is 0 Å². The monoisotopic (exact) mass is 406 g/mol. The molecule has 0 saturated carbocycles. The predicted molar refractivity (Wildman–Crippen MR) is 113 cm³/mol. The van der Waals surface area contributed by atoms with Crippen LogP contribution in [0.2, 0.25) is 0 Å². The minimum Gasteiger partial charge on any atom is -0.498 e. The van der Waals surface area contributed by atoms with Crippen LogP contribution in [-0.2, 0) is 23.7 Å². The summed E-state index contributed by atoms with van der Waals surface area (Å²) >= 11 is 0. The molecule has 0 fully saturated rings. The maximum absolute atomic E-state index is 11.4. The number of hydrogen-bond donors (Lipinski definition) is 1. The summed E-state index contributed by atoms with van der Waals surface area (Å²) in [4.78, 5) is 11.4. The molecule has 1 aliphatic rings. The number of allylic oxidation sites excluding steroid dienone is 5. The Labute approximate surface area is 174 Å². The summed E-state index contributed by atoms with van der Waals surface area (Å²) in [6, 6.07) is 0. The zero-order valence-corrected chi connectivity index (χ0v) is 18.0. The summed E-state index contributed by atoms with van der Waals surface area (Å²) in [6.07, 6.45) is 15.9. The lowest BCUT2D eigenvalue weighted by atomic mass is 9.95. The van der Waals surface area contributed by atoms with Gasteiger partial charge in [0.25, 0.3) is 0 Å². The van der Waals surface area contributed by atoms with Crippen molar-refractivity contribution in [1.82, 2.24) is 0 Å². The highest BCUT2D eigenvalue weighted by molar-refractivity contribution is 5.83. The summed E-state index contributed by atoms with van der Waals surface area (Å²) in [5.41, 5.74) is 0. The first-order valence-corrected chi connectivity index (χ1v) is 9.84. The number of esters is 1. The molecule has 29 heavy (non-hydrogen) atoms. The molecule has 0 saturated heterocycles. The Bertz CT molecular complexity index is 631. The van der Waals surface area contributed by atoms with Crippen molar-refractivity contribution in [3.8, 4) is 0 Å². The first kappa shape index (κ1) is 24.9. The van der Waals surface area contributed by atoms with Crippen LogP contribution in [0.5, 0.6) is 0 Å². The lowest BCUT2D eigenvalue weighted by molar-refractivity contribution is -0.147. The number of cyclic esters (lactones) is 1. The van der Waals surface area contributed by atoms with Crippen LogP contribution in [-0.4, -0.2) is 56.8 Å². The van der Waals surface area contributed by atoms with Crippen molar-refractivity contribution >= 4 is 5.97 Å². The van der Waals surface area contributed by atoms with E-state index in [-0.39, 0.29) is 24.1 Å². The average Bonchev–Trinajstić information content (AvgIpc) is 2.73. The molecular formula is C23H34O6. The third kappa shape index (κ3) is 8.81. The van der Waals surface area contributed by atoms with Gasteiger partial charge in [0.2, 0.25) is 0 Å². The Morgan fingerprint density at radius 2 is 2.03 bits per heavy atom. The van der Waals surface area contributed by atoms with Gasteiger partial charge in [0, 0.05) is 20.3 Å². The van der Waals surface area contributed by atoms with E-state index in [2.05, 4.69) is 0 Å². The number of hydrogen-bond acceptors (Lipinski definition) is 6. The fourth-order valence-electron chi connectivity index (χ4n) is 2.86. The third-order valence-corrected chi connectivity index (χ3v) is 4.61. The quantitative estimate of drug-likeness (QED) is 0.304. The highest BCUT2D eigenvalue weighted by atomic mass is 16.6. The van der Waals surface area contributed by atoms with Gasteiger partial charge in [-0.1, -0.05) is 44.2 Å². The van der Waals surface area contributed by atoms with Gasteiger partial charge >= 0.3 is 5.97 Å². The summed E-state index contributed by atoms with van der Waals surface area (Å²) in [7, 11) is 4.75. The van der Waals surface area contributed by atoms with Gasteiger partial charge in [-0.2, -0.15) is 0 Å². The number of carbonyl (C=O) groups excluding carboxylic acids is 1. The number of methoxy groups -OCH3 is 3. The van der Waals surface area contributed by atoms with Gasteiger partial charge in [0.15, 0.2) is 6.10 Å². The molecule has 0 unspecified atom stereocenters. The summed E-state index contributed by atoms with van der Waals surface area (Å²) in [5, 5.41) is 10.6. The van der Waals surface area contributed by atoms with Gasteiger partial charge in [-0.25, -0.2) is 4.79 Å². The Morgan fingerprint density at radius 1 is 1.28 bits per heavy atom. The normalized spacial score (nSPS) is 23.7. The molecule has 0 spiro atoms. The maximum atomic E-state index is 11.4. The molecule has 0 aromatic rings. The van der Waals surface area contributed by atoms with E-state index < -0.39 is 12.2 Å². The van der Waals surface area contributed by atoms with Crippen LogP contribution in [0, 0.1) is 5.92 Å². The standard InChI is InChI=1S/C23H34O6/c1-6-7-8-13-21(28-5)23(25)17(2)16-18(26-3)11-9-10-12-20-19(27-4)14-15-22(24)29-20/h7-15,17-20,23,25H,6,16H2,1-5H3/b8-7+,11-9+,12-10+,21-13-/t17-,18-,19-,20-,23+/m1/s1. The van der Waals surface area contributed by atoms with Crippen molar-refractivity contribution in [2.75, 3.05) is 21.3 Å². The Balaban J connectivity index is 2.65. The van der Waals surface area contributed by atoms with E-state index in [4.69, 9.17) is 18.9 Å². The van der Waals surface area contributed by atoms with Crippen LogP contribution in [0.1, 0.15) is 26.7 Å². The van der Waals surface area contributed by atoms with Crippen LogP contribution >= 0.6 is 0 Å². The summed E-state index contributed by atoms with van der Waals surface area (Å²) in [5.74, 6) is 0.0705. The van der Waals surface area contributed by atoms with E-state index in [1.165, 1.54) is 6.08 Å². The van der Waals surface area contributed by atoms with Gasteiger partial charge in [0.1, 0.15) is 18.0 Å². The molecule has 1 N–H and O–H groups in total. The van der Waals surface area contributed by atoms with Crippen molar-refractivity contribution in [2.45, 2.75) is 51.1 Å². The summed E-state index contributed by atoms with van der Waals surface area (Å²) in [6.45, 7) is 4.00. The number of ether oxygens (including phenoxy) is 4. The second-order valence-corrected chi connectivity index (χ2v) is 6.77. The predicted octanol–water partition coefficient (Wildman–Crippen LogP) is 3.49. The number of carbonyl (C=O) groups is 1. The molecule has 0 bridgehead atoms. The molecule has 6 nitrogen and oxygen atoms in total. The molecule has 0 aliphatic carbocycles. The van der Waals surface area contributed by atoms with E-state index in [0.717, 1.165) is 6.42 Å². The SMILES string of the molecule is CC/C=C/C=C(\OC)[C@@H](O)[C@H](C)C[C@@H](/C=C/C=C/[C@H]1OC(=O)C=C[C@H]1OC)OC. The van der Waals surface area contributed by atoms with Crippen molar-refractivity contribution in [1.29, 1.82) is 0 Å². The molecular weight excluding hydrogens is 372 g/mol. The number of rotatable bonds is 12. The zero-order valence-electron chi connectivity index (χ0n) is 18.0. The second kappa shape index (κ2) is 13.9. The smallest absolute Gasteiger partial charge is 0.331 e. The van der Waals surface area contributed by atoms with Crippen LogP contribution in [0.3, 0.4) is 0 Å². The minimum absolute atomic E-state index is 0.0721. The lowest BCUT2D eigenvalue weighted by Crippen LogP contribution is -2.32. The molecule has 0 aromatic carbocycles. The largest absolute Gasteiger partial charge is 0.498 e. The van der Waals surface area contributed by atoms with E-state index in [1.807, 2.05) is 38.2 Å². The molecule has 162 valence electrons. The Kier molecular flexibility index (Phi) is 12.0. The first-order valence-electron chi connectivity index (χ1n) is 9.84. The van der Waals surface area contributed by atoms with E-state index in [1.54, 1.807) is 45.6 Å². The molecule has 1 heterocycles. The topological polar surface area (TPSA) is 74.2 Å². The molecule has 6 heteroatoms. The Morgan fingerprint density at radius 3 is 2.66 bits per heavy atom. The fraction of sp³-hybridized carbons (Fsp3) is 0.522. The lowest BCUT2D eigenvalue weighted by Gasteiger charge is -2.23. The zero-order chi connectivity index (χ0) is 21.6. The van der Waals surface area contributed by atoms with E-state index in [9.17, 15) is 9.90 Å². The van der Waals surface area contributed by atoms with Crippen molar-refractivity contribution < 1.29 is 28.8 Å². The highest BCUT2D eigenvalue weighted by Gasteiger charge is 2.24. The first-order chi connectivity index (χ1) is 14.0. The van der Waals surface area contributed by atoms with Crippen LogP contribution in [0.25, 0.3) is 0 Å². The van der Waals surface area contributed by atoms with Crippen LogP contribution in [0.15, 0.2) is 60.4 Å². The average molecular weight is 407 g/mol. The van der Waals surface area contributed by atoms with Gasteiger partial charge in [-0.3, -0.25) is 0 Å². The molecule has 1 aliphatic heterocycles. The summed E-state index contributed by atoms with van der Waals surface area (Å²) < 4.78 is 21.3. The van der Waals surface area contributed by atoms with Gasteiger partial charge in [-0.15, -0.1) is 0 Å². The third-order valence-electron chi connectivity index (χ3n) is 4.61. The van der Waals surface area contributed by atoms with Gasteiger partial charge in [-0.05, 0) is 37.0 Å². The van der Waals surface area contributed by atoms with E-state index >= 15 is 0 Å². The van der Waals surface area contributed by atoms with E-state index in [0.29, 0.717) is 12.2 Å². The molecule has 5 atom stereocenters. The second-order valence-electron chi connectivity index (χ2n) is 6.77. The number of aliphatic hydroxyl groups excluding tert-OH is 1.